The summed E-state index contributed by atoms with van der Waals surface area (Å²) in [5.41, 5.74) is 6.29. The molecule has 1 aromatic carbocycles. The Labute approximate surface area is 114 Å². The first-order valence-electron chi connectivity index (χ1n) is 5.75. The van der Waals surface area contributed by atoms with Crippen molar-refractivity contribution in [3.63, 3.8) is 0 Å². The number of rotatable bonds is 3. The molecule has 0 aliphatic heterocycles. The quantitative estimate of drug-likeness (QED) is 0.505. The molecular formula is C13H12N4O3. The monoisotopic (exact) mass is 272 g/mol. The van der Waals surface area contributed by atoms with Gasteiger partial charge in [0.15, 0.2) is 0 Å². The molecule has 0 fully saturated rings. The smallest absolute Gasteiger partial charge is 0.292 e. The maximum Gasteiger partial charge on any atom is 0.292 e. The number of hydrogen-bond acceptors (Lipinski definition) is 5. The van der Waals surface area contributed by atoms with Crippen LogP contribution in [0.4, 0.5) is 17.2 Å². The van der Waals surface area contributed by atoms with Crippen molar-refractivity contribution < 1.29 is 9.72 Å². The van der Waals surface area contributed by atoms with Crippen LogP contribution in [0.15, 0.2) is 36.5 Å². The fourth-order valence-electron chi connectivity index (χ4n) is 1.64. The van der Waals surface area contributed by atoms with Gasteiger partial charge in [-0.2, -0.15) is 0 Å². The number of nitro groups is 1. The van der Waals surface area contributed by atoms with Crippen LogP contribution in [0, 0.1) is 17.0 Å². The molecule has 0 saturated carbocycles. The lowest BCUT2D eigenvalue weighted by molar-refractivity contribution is -0.383. The second-order valence-electron chi connectivity index (χ2n) is 4.20. The Morgan fingerprint density at radius 3 is 2.75 bits per heavy atom. The Bertz CT molecular complexity index is 685. The van der Waals surface area contributed by atoms with Crippen molar-refractivity contribution in [2.24, 2.45) is 0 Å². The number of nitro benzene ring substituents is 1. The van der Waals surface area contributed by atoms with E-state index in [-0.39, 0.29) is 16.9 Å². The van der Waals surface area contributed by atoms with Gasteiger partial charge in [0.1, 0.15) is 11.5 Å². The minimum absolute atomic E-state index is 0.0141. The molecule has 0 atom stereocenters. The number of nitrogens with two attached hydrogens (primary N) is 1. The van der Waals surface area contributed by atoms with Gasteiger partial charge in [-0.25, -0.2) is 4.98 Å². The molecule has 3 N–H and O–H groups in total. The van der Waals surface area contributed by atoms with Crippen LogP contribution in [0.25, 0.3) is 0 Å². The van der Waals surface area contributed by atoms with Crippen molar-refractivity contribution in [3.05, 3.63) is 57.8 Å². The number of pyridine rings is 1. The highest BCUT2D eigenvalue weighted by atomic mass is 16.6. The van der Waals surface area contributed by atoms with Gasteiger partial charge in [-0.15, -0.1) is 0 Å². The summed E-state index contributed by atoms with van der Waals surface area (Å²) in [5.74, 6) is -0.0966. The number of aromatic nitrogens is 1. The molecule has 0 bridgehead atoms. The van der Waals surface area contributed by atoms with Crippen LogP contribution in [0.2, 0.25) is 0 Å². The van der Waals surface area contributed by atoms with Crippen LogP contribution in [-0.2, 0) is 0 Å². The molecule has 1 heterocycles. The summed E-state index contributed by atoms with van der Waals surface area (Å²) in [6.45, 7) is 1.87. The van der Waals surface area contributed by atoms with Gasteiger partial charge in [-0.05, 0) is 36.8 Å². The van der Waals surface area contributed by atoms with Crippen molar-refractivity contribution in [2.45, 2.75) is 6.92 Å². The number of anilines is 2. The zero-order valence-electron chi connectivity index (χ0n) is 10.7. The lowest BCUT2D eigenvalue weighted by Crippen LogP contribution is -2.13. The maximum absolute atomic E-state index is 12.0. The highest BCUT2D eigenvalue weighted by Crippen LogP contribution is 2.22. The number of aryl methyl sites for hydroxylation is 1. The first-order chi connectivity index (χ1) is 9.47. The second-order valence-corrected chi connectivity index (χ2v) is 4.20. The third-order valence-corrected chi connectivity index (χ3v) is 2.65. The first kappa shape index (κ1) is 13.5. The van der Waals surface area contributed by atoms with Crippen molar-refractivity contribution in [3.8, 4) is 0 Å². The largest absolute Gasteiger partial charge is 0.393 e. The number of nitrogen functional groups attached to an aromatic ring is 1. The Balaban J connectivity index is 2.26. The highest BCUT2D eigenvalue weighted by Gasteiger charge is 2.15. The summed E-state index contributed by atoms with van der Waals surface area (Å²) in [4.78, 5) is 26.1. The van der Waals surface area contributed by atoms with Crippen LogP contribution in [0.3, 0.4) is 0 Å². The standard InChI is InChI=1S/C13H12N4O3/c1-8-4-5-15-12(6-8)16-13(18)9-2-3-10(14)11(7-9)17(19)20/h2-7H,14H2,1H3,(H,15,16,18). The van der Waals surface area contributed by atoms with Crippen LogP contribution in [0.1, 0.15) is 15.9 Å². The van der Waals surface area contributed by atoms with Crippen LogP contribution in [0.5, 0.6) is 0 Å². The number of benzene rings is 1. The average Bonchev–Trinajstić information content (AvgIpc) is 2.38. The van der Waals surface area contributed by atoms with E-state index in [1.54, 1.807) is 18.3 Å². The summed E-state index contributed by atoms with van der Waals surface area (Å²) in [7, 11) is 0. The van der Waals surface area contributed by atoms with Gasteiger partial charge in [0.25, 0.3) is 11.6 Å². The van der Waals surface area contributed by atoms with Gasteiger partial charge < -0.3 is 11.1 Å². The zero-order chi connectivity index (χ0) is 14.7. The van der Waals surface area contributed by atoms with E-state index in [1.807, 2.05) is 6.92 Å². The van der Waals surface area contributed by atoms with Gasteiger partial charge >= 0.3 is 0 Å². The van der Waals surface area contributed by atoms with Crippen molar-refractivity contribution in [1.82, 2.24) is 4.98 Å². The molecule has 0 aliphatic rings. The zero-order valence-corrected chi connectivity index (χ0v) is 10.7. The van der Waals surface area contributed by atoms with Crippen LogP contribution in [-0.4, -0.2) is 15.8 Å². The average molecular weight is 272 g/mol. The fraction of sp³-hybridized carbons (Fsp3) is 0.0769. The van der Waals surface area contributed by atoms with E-state index in [0.29, 0.717) is 5.82 Å². The number of carbonyl (C=O) groups is 1. The predicted molar refractivity (Wildman–Crippen MR) is 74.4 cm³/mol. The molecule has 1 aromatic heterocycles. The van der Waals surface area contributed by atoms with Crippen LogP contribution >= 0.6 is 0 Å². The first-order valence-corrected chi connectivity index (χ1v) is 5.75. The van der Waals surface area contributed by atoms with Crippen LogP contribution < -0.4 is 11.1 Å². The number of nitrogens with one attached hydrogen (secondary N) is 1. The lowest BCUT2D eigenvalue weighted by Gasteiger charge is -2.05. The second kappa shape index (κ2) is 5.35. The van der Waals surface area contributed by atoms with E-state index >= 15 is 0 Å². The normalized spacial score (nSPS) is 10.1. The third-order valence-electron chi connectivity index (χ3n) is 2.65. The minimum Gasteiger partial charge on any atom is -0.393 e. The van der Waals surface area contributed by atoms with Crippen molar-refractivity contribution in [1.29, 1.82) is 0 Å². The molecule has 2 rings (SSSR count). The highest BCUT2D eigenvalue weighted by molar-refractivity contribution is 6.04. The minimum atomic E-state index is -0.628. The molecular weight excluding hydrogens is 260 g/mol. The number of nitrogens with zero attached hydrogens (tertiary/aromatic N) is 2. The van der Waals surface area contributed by atoms with Crippen molar-refractivity contribution in [2.75, 3.05) is 11.1 Å². The topological polar surface area (TPSA) is 111 Å². The Hall–Kier alpha value is -2.96. The fourth-order valence-corrected chi connectivity index (χ4v) is 1.64. The number of carbonyl (C=O) groups excluding carboxylic acids is 1. The molecule has 0 aliphatic carbocycles. The van der Waals surface area contributed by atoms with E-state index in [4.69, 9.17) is 5.73 Å². The van der Waals surface area contributed by atoms with E-state index < -0.39 is 10.8 Å². The number of hydrogen-bond donors (Lipinski definition) is 2. The summed E-state index contributed by atoms with van der Waals surface area (Å²) in [6.07, 6.45) is 1.57. The van der Waals surface area contributed by atoms with E-state index in [0.717, 1.165) is 11.6 Å². The molecule has 0 unspecified atom stereocenters. The summed E-state index contributed by atoms with van der Waals surface area (Å²) < 4.78 is 0. The molecule has 0 radical (unpaired) electrons. The lowest BCUT2D eigenvalue weighted by atomic mass is 10.1. The van der Waals surface area contributed by atoms with Gasteiger partial charge in [0.2, 0.25) is 0 Å². The predicted octanol–water partition coefficient (Wildman–Crippen LogP) is 2.13. The molecule has 7 nitrogen and oxygen atoms in total. The molecule has 102 valence electrons. The third kappa shape index (κ3) is 2.89. The Kier molecular flexibility index (Phi) is 3.60. The Morgan fingerprint density at radius 2 is 2.10 bits per heavy atom. The maximum atomic E-state index is 12.0. The molecule has 20 heavy (non-hydrogen) atoms. The van der Waals surface area contributed by atoms with E-state index in [1.165, 1.54) is 12.1 Å². The molecule has 1 amide bonds. The molecule has 2 aromatic rings. The van der Waals surface area contributed by atoms with Gasteiger partial charge in [0, 0.05) is 17.8 Å². The van der Waals surface area contributed by atoms with E-state index in [2.05, 4.69) is 10.3 Å². The SMILES string of the molecule is Cc1ccnc(NC(=O)c2ccc(N)c([N+](=O)[O-])c2)c1. The Morgan fingerprint density at radius 1 is 1.35 bits per heavy atom. The van der Waals surface area contributed by atoms with E-state index in [9.17, 15) is 14.9 Å². The summed E-state index contributed by atoms with van der Waals surface area (Å²) in [6, 6.07) is 7.39. The molecule has 0 saturated heterocycles. The van der Waals surface area contributed by atoms with Crippen molar-refractivity contribution >= 4 is 23.1 Å². The summed E-state index contributed by atoms with van der Waals surface area (Å²) >= 11 is 0. The summed E-state index contributed by atoms with van der Waals surface area (Å²) in [5, 5.41) is 13.4. The molecule has 0 spiro atoms. The van der Waals surface area contributed by atoms with Gasteiger partial charge in [0.05, 0.1) is 4.92 Å². The van der Waals surface area contributed by atoms with Gasteiger partial charge in [-0.3, -0.25) is 14.9 Å². The molecule has 7 heteroatoms. The number of amides is 1. The van der Waals surface area contributed by atoms with Gasteiger partial charge in [-0.1, -0.05) is 0 Å².